The molecule has 1 fully saturated rings. The van der Waals surface area contributed by atoms with Crippen molar-refractivity contribution in [3.63, 3.8) is 0 Å². The van der Waals surface area contributed by atoms with Gasteiger partial charge in [-0.25, -0.2) is 0 Å². The van der Waals surface area contributed by atoms with Crippen LogP contribution in [0.15, 0.2) is 16.7 Å². The van der Waals surface area contributed by atoms with Crippen LogP contribution in [0.1, 0.15) is 42.6 Å². The maximum atomic E-state index is 5.81. The van der Waals surface area contributed by atoms with E-state index in [1.807, 2.05) is 0 Å². The summed E-state index contributed by atoms with van der Waals surface area (Å²) in [4.78, 5) is 3.54. The van der Waals surface area contributed by atoms with Gasteiger partial charge in [0.05, 0.1) is 6.54 Å². The number of rotatable bonds is 2. The molecule has 0 atom stereocenters. The Labute approximate surface area is 112 Å². The number of aromatic nitrogens is 1. The Morgan fingerprint density at radius 1 is 1.26 bits per heavy atom. The Kier molecular flexibility index (Phi) is 2.60. The molecule has 0 spiro atoms. The number of hydrogen-bond acceptors (Lipinski definition) is 3. The van der Waals surface area contributed by atoms with Crippen LogP contribution in [-0.2, 0) is 17.6 Å². The molecule has 0 bridgehead atoms. The second kappa shape index (κ2) is 4.44. The number of fused-ring (bicyclic) bond motifs is 1. The topological polar surface area (TPSA) is 49.4 Å². The minimum Gasteiger partial charge on any atom is -0.473 e. The Morgan fingerprint density at radius 3 is 3.00 bits per heavy atom. The van der Waals surface area contributed by atoms with Gasteiger partial charge in [-0.1, -0.05) is 0 Å². The van der Waals surface area contributed by atoms with Gasteiger partial charge < -0.3 is 15.1 Å². The van der Waals surface area contributed by atoms with E-state index >= 15 is 0 Å². The van der Waals surface area contributed by atoms with E-state index < -0.39 is 0 Å². The number of aromatic amines is 1. The maximum Gasteiger partial charge on any atom is 0.236 e. The Balaban J connectivity index is 1.56. The first-order valence-corrected chi connectivity index (χ1v) is 7.27. The third-order valence-electron chi connectivity index (χ3n) is 3.99. The fourth-order valence-corrected chi connectivity index (χ4v) is 2.80. The zero-order valence-electron chi connectivity index (χ0n) is 11.0. The van der Waals surface area contributed by atoms with Gasteiger partial charge >= 0.3 is 0 Å². The van der Waals surface area contributed by atoms with Crippen LogP contribution in [-0.4, -0.2) is 23.5 Å². The van der Waals surface area contributed by atoms with Gasteiger partial charge in [-0.2, -0.15) is 0 Å². The van der Waals surface area contributed by atoms with Crippen molar-refractivity contribution in [3.8, 4) is 0 Å². The summed E-state index contributed by atoms with van der Waals surface area (Å²) >= 11 is 0. The fourth-order valence-electron chi connectivity index (χ4n) is 2.80. The van der Waals surface area contributed by atoms with Gasteiger partial charge in [-0.15, -0.1) is 5.10 Å². The largest absolute Gasteiger partial charge is 0.473 e. The van der Waals surface area contributed by atoms with E-state index in [0.29, 0.717) is 6.10 Å². The summed E-state index contributed by atoms with van der Waals surface area (Å²) in [5.74, 6) is 0.787. The predicted octanol–water partition coefficient (Wildman–Crippen LogP) is 2.37. The van der Waals surface area contributed by atoms with E-state index in [9.17, 15) is 0 Å². The molecule has 100 valence electrons. The van der Waals surface area contributed by atoms with Crippen molar-refractivity contribution in [2.75, 3.05) is 6.54 Å². The lowest BCUT2D eigenvalue weighted by Crippen LogP contribution is -2.07. The molecule has 19 heavy (non-hydrogen) atoms. The number of ether oxygens (including phenoxy) is 1. The lowest BCUT2D eigenvalue weighted by molar-refractivity contribution is 0.291. The fraction of sp³-hybridized carbons (Fsp3) is 0.533. The molecule has 0 amide bonds. The van der Waals surface area contributed by atoms with Gasteiger partial charge in [-0.05, 0) is 56.2 Å². The molecule has 2 aliphatic carbocycles. The minimum absolute atomic E-state index is 0.402. The van der Waals surface area contributed by atoms with Gasteiger partial charge in [0.25, 0.3) is 0 Å². The first-order valence-electron chi connectivity index (χ1n) is 7.27. The zero-order chi connectivity index (χ0) is 12.7. The van der Waals surface area contributed by atoms with E-state index in [1.165, 1.54) is 55.5 Å². The van der Waals surface area contributed by atoms with Crippen molar-refractivity contribution in [1.82, 2.24) is 10.4 Å². The number of hydrogen-bond donors (Lipinski definition) is 2. The van der Waals surface area contributed by atoms with E-state index in [0.717, 1.165) is 18.0 Å². The highest BCUT2D eigenvalue weighted by molar-refractivity contribution is 5.99. The summed E-state index contributed by atoms with van der Waals surface area (Å²) in [6.07, 6.45) is 9.95. The standard InChI is InChI=1S/C15H19N3O/c1-2-4-14-10(3-1)7-12(17-14)8-11-9-16-18-15(11)19-13-5-6-13/h7-8,13,16-17H,1-6,9H2/b11-8+. The third-order valence-corrected chi connectivity index (χ3v) is 3.99. The molecule has 4 nitrogen and oxygen atoms in total. The summed E-state index contributed by atoms with van der Waals surface area (Å²) in [6.45, 7) is 0.770. The first-order chi connectivity index (χ1) is 9.38. The number of hydrazone groups is 1. The number of aryl methyl sites for hydroxylation is 2. The molecule has 2 heterocycles. The van der Waals surface area contributed by atoms with Crippen LogP contribution in [0.2, 0.25) is 0 Å². The molecule has 0 radical (unpaired) electrons. The van der Waals surface area contributed by atoms with Gasteiger partial charge in [0.1, 0.15) is 6.10 Å². The van der Waals surface area contributed by atoms with Gasteiger partial charge in [-0.3, -0.25) is 0 Å². The molecule has 1 aromatic rings. The molecule has 1 aliphatic heterocycles. The quantitative estimate of drug-likeness (QED) is 0.854. The Morgan fingerprint density at radius 2 is 2.16 bits per heavy atom. The summed E-state index contributed by atoms with van der Waals surface area (Å²) in [5.41, 5.74) is 8.28. The summed E-state index contributed by atoms with van der Waals surface area (Å²) in [7, 11) is 0. The van der Waals surface area contributed by atoms with Crippen molar-refractivity contribution in [2.24, 2.45) is 5.10 Å². The third kappa shape index (κ3) is 2.27. The molecule has 1 saturated carbocycles. The zero-order valence-corrected chi connectivity index (χ0v) is 11.0. The lowest BCUT2D eigenvalue weighted by atomic mass is 9.98. The van der Waals surface area contributed by atoms with Crippen molar-refractivity contribution in [1.29, 1.82) is 0 Å². The molecule has 0 saturated heterocycles. The number of nitrogens with one attached hydrogen (secondary N) is 2. The van der Waals surface area contributed by atoms with Crippen molar-refractivity contribution >= 4 is 12.0 Å². The Hall–Kier alpha value is -1.71. The Bertz CT molecular complexity index is 528. The summed E-state index contributed by atoms with van der Waals surface area (Å²) < 4.78 is 5.81. The maximum absolute atomic E-state index is 5.81. The van der Waals surface area contributed by atoms with E-state index in [-0.39, 0.29) is 0 Å². The smallest absolute Gasteiger partial charge is 0.236 e. The average Bonchev–Trinajstić information content (AvgIpc) is 2.97. The van der Waals surface area contributed by atoms with E-state index in [1.54, 1.807) is 0 Å². The van der Waals surface area contributed by atoms with Crippen LogP contribution >= 0.6 is 0 Å². The van der Waals surface area contributed by atoms with Crippen molar-refractivity contribution in [3.05, 3.63) is 28.6 Å². The van der Waals surface area contributed by atoms with Crippen LogP contribution in [0.25, 0.3) is 6.08 Å². The molecule has 1 aromatic heterocycles. The normalized spacial score (nSPS) is 24.0. The highest BCUT2D eigenvalue weighted by atomic mass is 16.5. The van der Waals surface area contributed by atoms with Crippen LogP contribution in [0, 0.1) is 0 Å². The second-order valence-electron chi connectivity index (χ2n) is 5.67. The van der Waals surface area contributed by atoms with Crippen LogP contribution in [0.4, 0.5) is 0 Å². The van der Waals surface area contributed by atoms with Gasteiger partial charge in [0, 0.05) is 17.0 Å². The highest BCUT2D eigenvalue weighted by Gasteiger charge is 2.28. The van der Waals surface area contributed by atoms with Crippen LogP contribution in [0.5, 0.6) is 0 Å². The minimum atomic E-state index is 0.402. The SMILES string of the molecule is C(=C1/CNN=C1OC1CC1)/c1cc2c([nH]1)CCCC2. The average molecular weight is 257 g/mol. The molecule has 4 heteroatoms. The van der Waals surface area contributed by atoms with Crippen molar-refractivity contribution in [2.45, 2.75) is 44.6 Å². The van der Waals surface area contributed by atoms with Crippen molar-refractivity contribution < 1.29 is 4.74 Å². The molecule has 0 aromatic carbocycles. The second-order valence-corrected chi connectivity index (χ2v) is 5.67. The van der Waals surface area contributed by atoms with Crippen LogP contribution < -0.4 is 5.43 Å². The predicted molar refractivity (Wildman–Crippen MR) is 75.0 cm³/mol. The highest BCUT2D eigenvalue weighted by Crippen LogP contribution is 2.27. The monoisotopic (exact) mass is 257 g/mol. The van der Waals surface area contributed by atoms with E-state index in [4.69, 9.17) is 4.74 Å². The molecule has 3 aliphatic rings. The lowest BCUT2D eigenvalue weighted by Gasteiger charge is -2.08. The molecular weight excluding hydrogens is 238 g/mol. The van der Waals surface area contributed by atoms with Gasteiger partial charge in [0.2, 0.25) is 5.90 Å². The number of nitrogens with zero attached hydrogens (tertiary/aromatic N) is 1. The van der Waals surface area contributed by atoms with Gasteiger partial charge in [0.15, 0.2) is 0 Å². The molecule has 4 rings (SSSR count). The van der Waals surface area contributed by atoms with Crippen LogP contribution in [0.3, 0.4) is 0 Å². The summed E-state index contributed by atoms with van der Waals surface area (Å²) in [5, 5.41) is 4.24. The molecular formula is C15H19N3O. The van der Waals surface area contributed by atoms with E-state index in [2.05, 4.69) is 27.7 Å². The molecule has 2 N–H and O–H groups in total. The summed E-state index contributed by atoms with van der Waals surface area (Å²) in [6, 6.07) is 2.29. The number of H-pyrrole nitrogens is 1. The molecule has 0 unspecified atom stereocenters. The first kappa shape index (κ1) is 11.1.